The molecule has 0 aromatic heterocycles. The number of rotatable bonds is 4. The number of halogens is 1. The number of amides is 1. The van der Waals surface area contributed by atoms with Crippen molar-refractivity contribution >= 4 is 44.3 Å². The summed E-state index contributed by atoms with van der Waals surface area (Å²) in [5.41, 5.74) is 4.98. The molecule has 0 radical (unpaired) electrons. The van der Waals surface area contributed by atoms with E-state index in [-0.39, 0.29) is 11.5 Å². The van der Waals surface area contributed by atoms with Crippen molar-refractivity contribution in [2.45, 2.75) is 13.8 Å². The molecule has 2 N–H and O–H groups in total. The first kappa shape index (κ1) is 20.8. The standard InChI is InChI=1S/C26H20BrNO3/c1-15-12-19(26(30)31)9-11-23(15)28-25(29)24-16(2)21(17-6-4-3-5-7-17)13-18-8-10-20(27)14-22(18)24/h3-14H,1-2H3,(H,28,29)(H,30,31). The molecule has 0 aliphatic heterocycles. The van der Waals surface area contributed by atoms with Gasteiger partial charge < -0.3 is 10.4 Å². The van der Waals surface area contributed by atoms with Crippen LogP contribution in [0.2, 0.25) is 0 Å². The summed E-state index contributed by atoms with van der Waals surface area (Å²) in [5.74, 6) is -1.23. The van der Waals surface area contributed by atoms with Crippen molar-refractivity contribution in [3.05, 3.63) is 99.5 Å². The van der Waals surface area contributed by atoms with Crippen LogP contribution >= 0.6 is 15.9 Å². The first-order valence-corrected chi connectivity index (χ1v) is 10.6. The van der Waals surface area contributed by atoms with Crippen LogP contribution in [0.25, 0.3) is 21.9 Å². The molecule has 4 aromatic rings. The van der Waals surface area contributed by atoms with Gasteiger partial charge in [0.2, 0.25) is 0 Å². The Kier molecular flexibility index (Phi) is 5.61. The topological polar surface area (TPSA) is 66.4 Å². The van der Waals surface area contributed by atoms with Gasteiger partial charge in [-0.25, -0.2) is 4.79 Å². The fraction of sp³-hybridized carbons (Fsp3) is 0.0769. The second-order valence-electron chi connectivity index (χ2n) is 7.44. The number of anilines is 1. The summed E-state index contributed by atoms with van der Waals surface area (Å²) in [6.07, 6.45) is 0. The molecule has 4 aromatic carbocycles. The van der Waals surface area contributed by atoms with E-state index in [1.807, 2.05) is 55.5 Å². The highest BCUT2D eigenvalue weighted by Crippen LogP contribution is 2.34. The Labute approximate surface area is 188 Å². The lowest BCUT2D eigenvalue weighted by molar-refractivity contribution is 0.0696. The molecule has 0 spiro atoms. The molecule has 1 amide bonds. The largest absolute Gasteiger partial charge is 0.478 e. The smallest absolute Gasteiger partial charge is 0.335 e. The van der Waals surface area contributed by atoms with E-state index >= 15 is 0 Å². The molecule has 4 nitrogen and oxygen atoms in total. The average Bonchev–Trinajstić information content (AvgIpc) is 2.75. The van der Waals surface area contributed by atoms with Crippen molar-refractivity contribution in [2.24, 2.45) is 0 Å². The number of carbonyl (C=O) groups excluding carboxylic acids is 1. The van der Waals surface area contributed by atoms with E-state index in [0.717, 1.165) is 31.9 Å². The van der Waals surface area contributed by atoms with Crippen molar-refractivity contribution in [2.75, 3.05) is 5.32 Å². The lowest BCUT2D eigenvalue weighted by Gasteiger charge is -2.17. The molecule has 31 heavy (non-hydrogen) atoms. The van der Waals surface area contributed by atoms with Crippen LogP contribution in [0, 0.1) is 13.8 Å². The zero-order valence-corrected chi connectivity index (χ0v) is 18.7. The molecule has 0 aliphatic carbocycles. The Hall–Kier alpha value is -3.44. The number of aryl methyl sites for hydroxylation is 1. The van der Waals surface area contributed by atoms with Gasteiger partial charge >= 0.3 is 5.97 Å². The van der Waals surface area contributed by atoms with Crippen LogP contribution < -0.4 is 5.32 Å². The zero-order chi connectivity index (χ0) is 22.1. The number of hydrogen-bond acceptors (Lipinski definition) is 2. The summed E-state index contributed by atoms with van der Waals surface area (Å²) in [6.45, 7) is 3.74. The van der Waals surface area contributed by atoms with E-state index in [1.165, 1.54) is 6.07 Å². The highest BCUT2D eigenvalue weighted by atomic mass is 79.9. The third kappa shape index (κ3) is 4.09. The summed E-state index contributed by atoms with van der Waals surface area (Å²) >= 11 is 3.52. The van der Waals surface area contributed by atoms with Crippen molar-refractivity contribution < 1.29 is 14.7 Å². The molecule has 4 rings (SSSR count). The maximum atomic E-state index is 13.5. The van der Waals surface area contributed by atoms with Gasteiger partial charge in [0.05, 0.1) is 11.1 Å². The van der Waals surface area contributed by atoms with Crippen LogP contribution in [-0.4, -0.2) is 17.0 Å². The summed E-state index contributed by atoms with van der Waals surface area (Å²) in [7, 11) is 0. The molecule has 0 saturated heterocycles. The van der Waals surface area contributed by atoms with Gasteiger partial charge in [-0.3, -0.25) is 4.79 Å². The molecular weight excluding hydrogens is 454 g/mol. The monoisotopic (exact) mass is 473 g/mol. The van der Waals surface area contributed by atoms with Crippen LogP contribution in [0.3, 0.4) is 0 Å². The lowest BCUT2D eigenvalue weighted by atomic mass is 9.90. The van der Waals surface area contributed by atoms with Crippen molar-refractivity contribution in [1.29, 1.82) is 0 Å². The normalized spacial score (nSPS) is 10.8. The van der Waals surface area contributed by atoms with Gasteiger partial charge in [0.25, 0.3) is 5.91 Å². The van der Waals surface area contributed by atoms with Gasteiger partial charge in [-0.15, -0.1) is 0 Å². The first-order valence-electron chi connectivity index (χ1n) is 9.78. The maximum Gasteiger partial charge on any atom is 0.335 e. The Morgan fingerprint density at radius 1 is 0.903 bits per heavy atom. The fourth-order valence-electron chi connectivity index (χ4n) is 3.80. The predicted octanol–water partition coefficient (Wildman–Crippen LogP) is 6.84. The minimum atomic E-state index is -0.997. The third-order valence-electron chi connectivity index (χ3n) is 5.40. The minimum absolute atomic E-state index is 0.187. The van der Waals surface area contributed by atoms with Crippen LogP contribution in [0.15, 0.2) is 77.3 Å². The van der Waals surface area contributed by atoms with Crippen LogP contribution in [-0.2, 0) is 0 Å². The Bertz CT molecular complexity index is 1330. The first-order chi connectivity index (χ1) is 14.8. The quantitative estimate of drug-likeness (QED) is 0.341. The van der Waals surface area contributed by atoms with E-state index in [0.29, 0.717) is 16.8 Å². The molecule has 5 heteroatoms. The Balaban J connectivity index is 1.85. The van der Waals surface area contributed by atoms with Gasteiger partial charge in [-0.2, -0.15) is 0 Å². The molecule has 0 atom stereocenters. The summed E-state index contributed by atoms with van der Waals surface area (Å²) < 4.78 is 0.892. The molecular formula is C26H20BrNO3. The summed E-state index contributed by atoms with van der Waals surface area (Å²) in [5, 5.41) is 14.0. The number of carboxylic acid groups (broad SMARTS) is 1. The van der Waals surface area contributed by atoms with Crippen LogP contribution in [0.4, 0.5) is 5.69 Å². The van der Waals surface area contributed by atoms with Crippen molar-refractivity contribution in [3.63, 3.8) is 0 Å². The Morgan fingerprint density at radius 3 is 2.32 bits per heavy atom. The molecule has 0 saturated carbocycles. The maximum absolute atomic E-state index is 13.5. The second kappa shape index (κ2) is 8.36. The van der Waals surface area contributed by atoms with Gasteiger partial charge in [0, 0.05) is 10.2 Å². The van der Waals surface area contributed by atoms with E-state index in [2.05, 4.69) is 27.3 Å². The number of carbonyl (C=O) groups is 2. The SMILES string of the molecule is Cc1cc(C(=O)O)ccc1NC(=O)c1c(C)c(-c2ccccc2)cc2ccc(Br)cc12. The zero-order valence-electron chi connectivity index (χ0n) is 17.1. The minimum Gasteiger partial charge on any atom is -0.478 e. The highest BCUT2D eigenvalue weighted by molar-refractivity contribution is 9.10. The molecule has 0 fully saturated rings. The fourth-order valence-corrected chi connectivity index (χ4v) is 4.16. The Morgan fingerprint density at radius 2 is 1.65 bits per heavy atom. The number of benzene rings is 4. The van der Waals surface area contributed by atoms with E-state index in [9.17, 15) is 14.7 Å². The lowest BCUT2D eigenvalue weighted by Crippen LogP contribution is -2.15. The molecule has 0 unspecified atom stereocenters. The van der Waals surface area contributed by atoms with Crippen molar-refractivity contribution in [1.82, 2.24) is 0 Å². The number of hydrogen-bond donors (Lipinski definition) is 2. The van der Waals surface area contributed by atoms with Crippen LogP contribution in [0.1, 0.15) is 31.8 Å². The number of nitrogens with one attached hydrogen (secondary N) is 1. The van der Waals surface area contributed by atoms with E-state index < -0.39 is 5.97 Å². The number of carboxylic acids is 1. The number of aromatic carboxylic acids is 1. The predicted molar refractivity (Wildman–Crippen MR) is 128 cm³/mol. The highest BCUT2D eigenvalue weighted by Gasteiger charge is 2.19. The summed E-state index contributed by atoms with van der Waals surface area (Å²) in [6, 6.07) is 22.7. The molecule has 154 valence electrons. The van der Waals surface area contributed by atoms with Gasteiger partial charge in [-0.1, -0.05) is 52.3 Å². The van der Waals surface area contributed by atoms with E-state index in [1.54, 1.807) is 19.1 Å². The van der Waals surface area contributed by atoms with E-state index in [4.69, 9.17) is 0 Å². The average molecular weight is 474 g/mol. The van der Waals surface area contributed by atoms with Crippen LogP contribution in [0.5, 0.6) is 0 Å². The summed E-state index contributed by atoms with van der Waals surface area (Å²) in [4.78, 5) is 24.7. The third-order valence-corrected chi connectivity index (χ3v) is 5.89. The molecule has 0 bridgehead atoms. The van der Waals surface area contributed by atoms with Crippen molar-refractivity contribution in [3.8, 4) is 11.1 Å². The second-order valence-corrected chi connectivity index (χ2v) is 8.36. The number of fused-ring (bicyclic) bond motifs is 1. The molecule has 0 heterocycles. The van der Waals surface area contributed by atoms with Gasteiger partial charge in [0.1, 0.15) is 0 Å². The van der Waals surface area contributed by atoms with Gasteiger partial charge in [0.15, 0.2) is 0 Å². The molecule has 0 aliphatic rings. The van der Waals surface area contributed by atoms with Gasteiger partial charge in [-0.05, 0) is 83.3 Å².